The predicted octanol–water partition coefficient (Wildman–Crippen LogP) is 2.57. The smallest absolute Gasteiger partial charge is 0.0110 e. The summed E-state index contributed by atoms with van der Waals surface area (Å²) < 4.78 is 0. The molecule has 0 spiro atoms. The van der Waals surface area contributed by atoms with E-state index in [2.05, 4.69) is 29.0 Å². The molecule has 0 atom stereocenters. The van der Waals surface area contributed by atoms with E-state index in [1.165, 1.54) is 84.3 Å². The first-order chi connectivity index (χ1) is 9.74. The van der Waals surface area contributed by atoms with Crippen molar-refractivity contribution < 1.29 is 0 Å². The molecule has 1 saturated heterocycles. The van der Waals surface area contributed by atoms with Crippen molar-refractivity contribution in [1.29, 1.82) is 0 Å². The van der Waals surface area contributed by atoms with Crippen molar-refractivity contribution in [1.82, 2.24) is 15.1 Å². The second kappa shape index (κ2) is 9.01. The lowest BCUT2D eigenvalue weighted by Crippen LogP contribution is -2.47. The monoisotopic (exact) mass is 281 g/mol. The number of hydrogen-bond acceptors (Lipinski definition) is 3. The third kappa shape index (κ3) is 6.11. The zero-order chi connectivity index (χ0) is 14.2. The lowest BCUT2D eigenvalue weighted by Gasteiger charge is -2.35. The van der Waals surface area contributed by atoms with Crippen LogP contribution in [0.15, 0.2) is 0 Å². The summed E-state index contributed by atoms with van der Waals surface area (Å²) in [5.41, 5.74) is 0. The van der Waals surface area contributed by atoms with E-state index >= 15 is 0 Å². The minimum absolute atomic E-state index is 0.807. The summed E-state index contributed by atoms with van der Waals surface area (Å²) in [6.07, 6.45) is 8.48. The van der Waals surface area contributed by atoms with E-state index in [9.17, 15) is 0 Å². The molecule has 3 heteroatoms. The molecule has 2 rings (SSSR count). The fourth-order valence-corrected chi connectivity index (χ4v) is 3.63. The second-order valence-corrected chi connectivity index (χ2v) is 7.18. The number of rotatable bonds is 7. The normalized spacial score (nSPS) is 23.6. The highest BCUT2D eigenvalue weighted by atomic mass is 15.3. The van der Waals surface area contributed by atoms with Gasteiger partial charge in [-0.3, -0.25) is 0 Å². The van der Waals surface area contributed by atoms with Gasteiger partial charge in [-0.2, -0.15) is 0 Å². The van der Waals surface area contributed by atoms with Crippen molar-refractivity contribution in [3.05, 3.63) is 0 Å². The summed E-state index contributed by atoms with van der Waals surface area (Å²) in [6.45, 7) is 13.5. The maximum absolute atomic E-state index is 3.76. The Bertz CT molecular complexity index is 241. The Morgan fingerprint density at radius 1 is 0.950 bits per heavy atom. The van der Waals surface area contributed by atoms with E-state index in [0.29, 0.717) is 0 Å². The summed E-state index contributed by atoms with van der Waals surface area (Å²) >= 11 is 0. The van der Waals surface area contributed by atoms with Gasteiger partial charge < -0.3 is 15.1 Å². The molecule has 0 unspecified atom stereocenters. The molecular formula is C17H35N3. The minimum atomic E-state index is 0.807. The van der Waals surface area contributed by atoms with Gasteiger partial charge in [0.1, 0.15) is 0 Å². The molecular weight excluding hydrogens is 246 g/mol. The van der Waals surface area contributed by atoms with Crippen LogP contribution in [-0.4, -0.2) is 61.7 Å². The lowest BCUT2D eigenvalue weighted by atomic mass is 9.95. The SMILES string of the molecule is CC(C)CN1CCN(CCCNC2CCCCC2)CC1. The van der Waals surface area contributed by atoms with Gasteiger partial charge in [-0.15, -0.1) is 0 Å². The third-order valence-corrected chi connectivity index (χ3v) is 4.78. The Hall–Kier alpha value is -0.120. The molecule has 1 N–H and O–H groups in total. The van der Waals surface area contributed by atoms with Crippen molar-refractivity contribution in [3.63, 3.8) is 0 Å². The average Bonchev–Trinajstić information content (AvgIpc) is 2.46. The van der Waals surface area contributed by atoms with Crippen LogP contribution in [0.25, 0.3) is 0 Å². The molecule has 1 aliphatic carbocycles. The van der Waals surface area contributed by atoms with Gasteiger partial charge in [0.05, 0.1) is 0 Å². The molecule has 118 valence electrons. The molecule has 0 aromatic rings. The molecule has 20 heavy (non-hydrogen) atoms. The van der Waals surface area contributed by atoms with E-state index in [1.807, 2.05) is 0 Å². The molecule has 1 heterocycles. The maximum Gasteiger partial charge on any atom is 0.0110 e. The topological polar surface area (TPSA) is 18.5 Å². The van der Waals surface area contributed by atoms with Crippen LogP contribution >= 0.6 is 0 Å². The Morgan fingerprint density at radius 2 is 1.60 bits per heavy atom. The molecule has 0 aromatic carbocycles. The van der Waals surface area contributed by atoms with Crippen molar-refractivity contribution in [2.24, 2.45) is 5.92 Å². The molecule has 0 amide bonds. The van der Waals surface area contributed by atoms with Crippen molar-refractivity contribution in [3.8, 4) is 0 Å². The van der Waals surface area contributed by atoms with Crippen LogP contribution in [0.3, 0.4) is 0 Å². The number of hydrogen-bond donors (Lipinski definition) is 1. The zero-order valence-electron chi connectivity index (χ0n) is 13.7. The highest BCUT2D eigenvalue weighted by Gasteiger charge is 2.17. The quantitative estimate of drug-likeness (QED) is 0.724. The van der Waals surface area contributed by atoms with Crippen LogP contribution in [0.4, 0.5) is 0 Å². The number of nitrogens with zero attached hydrogens (tertiary/aromatic N) is 2. The Morgan fingerprint density at radius 3 is 2.25 bits per heavy atom. The standard InChI is InChI=1S/C17H35N3/c1-16(2)15-20-13-11-19(12-14-20)10-6-9-18-17-7-4-3-5-8-17/h16-18H,3-15H2,1-2H3. The van der Waals surface area contributed by atoms with E-state index < -0.39 is 0 Å². The molecule has 0 bridgehead atoms. The first-order valence-electron chi connectivity index (χ1n) is 8.92. The highest BCUT2D eigenvalue weighted by molar-refractivity contribution is 4.74. The van der Waals surface area contributed by atoms with Gasteiger partial charge in [0.25, 0.3) is 0 Å². The van der Waals surface area contributed by atoms with Gasteiger partial charge in [0, 0.05) is 38.8 Å². The molecule has 0 aromatic heterocycles. The van der Waals surface area contributed by atoms with E-state index in [-0.39, 0.29) is 0 Å². The Balaban J connectivity index is 1.48. The van der Waals surface area contributed by atoms with E-state index in [1.54, 1.807) is 0 Å². The molecule has 1 aliphatic heterocycles. The van der Waals surface area contributed by atoms with Crippen LogP contribution in [0, 0.1) is 5.92 Å². The predicted molar refractivity (Wildman–Crippen MR) is 87.2 cm³/mol. The minimum Gasteiger partial charge on any atom is -0.314 e. The first kappa shape index (κ1) is 16.3. The van der Waals surface area contributed by atoms with Crippen molar-refractivity contribution in [2.75, 3.05) is 45.8 Å². The van der Waals surface area contributed by atoms with Gasteiger partial charge in [0.15, 0.2) is 0 Å². The van der Waals surface area contributed by atoms with Crippen LogP contribution in [0.2, 0.25) is 0 Å². The zero-order valence-corrected chi connectivity index (χ0v) is 13.7. The fraction of sp³-hybridized carbons (Fsp3) is 1.00. The number of nitrogens with one attached hydrogen (secondary N) is 1. The molecule has 1 saturated carbocycles. The van der Waals surface area contributed by atoms with Crippen LogP contribution < -0.4 is 5.32 Å². The van der Waals surface area contributed by atoms with Crippen molar-refractivity contribution in [2.45, 2.75) is 58.4 Å². The highest BCUT2D eigenvalue weighted by Crippen LogP contribution is 2.17. The van der Waals surface area contributed by atoms with Crippen LogP contribution in [0.5, 0.6) is 0 Å². The molecule has 3 nitrogen and oxygen atoms in total. The maximum atomic E-state index is 3.76. The van der Waals surface area contributed by atoms with Gasteiger partial charge in [0.2, 0.25) is 0 Å². The first-order valence-corrected chi connectivity index (χ1v) is 8.92. The van der Waals surface area contributed by atoms with E-state index in [0.717, 1.165) is 12.0 Å². The third-order valence-electron chi connectivity index (χ3n) is 4.78. The lowest BCUT2D eigenvalue weighted by molar-refractivity contribution is 0.121. The van der Waals surface area contributed by atoms with E-state index in [4.69, 9.17) is 0 Å². The summed E-state index contributed by atoms with van der Waals surface area (Å²) in [7, 11) is 0. The number of piperazine rings is 1. The molecule has 2 fully saturated rings. The largest absolute Gasteiger partial charge is 0.314 e. The summed E-state index contributed by atoms with van der Waals surface area (Å²) in [5, 5.41) is 3.76. The summed E-state index contributed by atoms with van der Waals surface area (Å²) in [4.78, 5) is 5.28. The Kier molecular flexibility index (Phi) is 7.32. The molecule has 0 radical (unpaired) electrons. The summed E-state index contributed by atoms with van der Waals surface area (Å²) in [6, 6.07) is 0.826. The van der Waals surface area contributed by atoms with Crippen LogP contribution in [0.1, 0.15) is 52.4 Å². The average molecular weight is 281 g/mol. The molecule has 2 aliphatic rings. The van der Waals surface area contributed by atoms with Crippen molar-refractivity contribution >= 4 is 0 Å². The van der Waals surface area contributed by atoms with Gasteiger partial charge in [-0.1, -0.05) is 33.1 Å². The summed E-state index contributed by atoms with van der Waals surface area (Å²) in [5.74, 6) is 0.807. The van der Waals surface area contributed by atoms with Crippen LogP contribution in [-0.2, 0) is 0 Å². The Labute approximate surface area is 126 Å². The van der Waals surface area contributed by atoms with Gasteiger partial charge in [-0.05, 0) is 38.3 Å². The fourth-order valence-electron chi connectivity index (χ4n) is 3.63. The second-order valence-electron chi connectivity index (χ2n) is 7.18. The van der Waals surface area contributed by atoms with Gasteiger partial charge in [-0.25, -0.2) is 0 Å². The van der Waals surface area contributed by atoms with Gasteiger partial charge >= 0.3 is 0 Å².